The monoisotopic (exact) mass is 443 g/mol. The zero-order valence-corrected chi connectivity index (χ0v) is 18.5. The Bertz CT molecular complexity index is 1220. The molecule has 1 aliphatic heterocycles. The molecule has 33 heavy (non-hydrogen) atoms. The number of benzene rings is 1. The molecule has 1 aliphatic rings. The first-order chi connectivity index (χ1) is 16.0. The first-order valence-corrected chi connectivity index (χ1v) is 10.5. The molecule has 0 saturated carbocycles. The number of nitrogens with zero attached hydrogens (tertiary/aromatic N) is 4. The van der Waals surface area contributed by atoms with E-state index in [0.717, 1.165) is 28.1 Å². The molecule has 1 aromatic carbocycles. The summed E-state index contributed by atoms with van der Waals surface area (Å²) < 4.78 is 5.38. The van der Waals surface area contributed by atoms with Gasteiger partial charge in [0.2, 0.25) is 11.9 Å². The second-order valence-corrected chi connectivity index (χ2v) is 7.42. The second-order valence-electron chi connectivity index (χ2n) is 7.42. The highest BCUT2D eigenvalue weighted by Crippen LogP contribution is 2.38. The number of carbonyl (C=O) groups excluding carboxylic acids is 1. The summed E-state index contributed by atoms with van der Waals surface area (Å²) in [6, 6.07) is 13.7. The minimum absolute atomic E-state index is 0.0810. The van der Waals surface area contributed by atoms with Gasteiger partial charge in [-0.2, -0.15) is 0 Å². The molecule has 9 nitrogen and oxygen atoms in total. The lowest BCUT2D eigenvalue weighted by Crippen LogP contribution is -2.26. The van der Waals surface area contributed by atoms with Crippen LogP contribution in [0.4, 0.5) is 11.8 Å². The van der Waals surface area contributed by atoms with Crippen LogP contribution in [-0.4, -0.2) is 46.8 Å². The molecule has 1 amide bonds. The van der Waals surface area contributed by atoms with Crippen molar-refractivity contribution in [1.82, 2.24) is 20.3 Å². The molecule has 0 aliphatic carbocycles. The first-order valence-electron chi connectivity index (χ1n) is 10.5. The zero-order chi connectivity index (χ0) is 23.2. The van der Waals surface area contributed by atoms with Crippen LogP contribution in [0.2, 0.25) is 0 Å². The van der Waals surface area contributed by atoms with Gasteiger partial charge >= 0.3 is 0 Å². The van der Waals surface area contributed by atoms with Gasteiger partial charge in [0.05, 0.1) is 24.2 Å². The molecule has 3 heterocycles. The molecule has 3 aromatic rings. The lowest BCUT2D eigenvalue weighted by Gasteiger charge is -2.10. The Hall–Kier alpha value is -4.27. The number of nitrogens with one attached hydrogen (secondary N) is 2. The number of rotatable bonds is 8. The Morgan fingerprint density at radius 1 is 1.12 bits per heavy atom. The number of aliphatic imine (C=N–C) groups is 1. The Morgan fingerprint density at radius 2 is 1.94 bits per heavy atom. The molecule has 0 bridgehead atoms. The fourth-order valence-corrected chi connectivity index (χ4v) is 3.51. The summed E-state index contributed by atoms with van der Waals surface area (Å²) in [6.45, 7) is 2.46. The second kappa shape index (κ2) is 9.90. The predicted octanol–water partition coefficient (Wildman–Crippen LogP) is 2.77. The molecule has 0 spiro atoms. The van der Waals surface area contributed by atoms with Gasteiger partial charge in [-0.25, -0.2) is 19.9 Å². The normalized spacial score (nSPS) is 13.0. The van der Waals surface area contributed by atoms with E-state index in [2.05, 4.69) is 25.6 Å². The summed E-state index contributed by atoms with van der Waals surface area (Å²) in [5.74, 6) is 1.22. The van der Waals surface area contributed by atoms with Gasteiger partial charge in [0.25, 0.3) is 0 Å². The number of nitrogens with two attached hydrogens (primary N) is 1. The van der Waals surface area contributed by atoms with Crippen LogP contribution < -0.4 is 21.1 Å². The number of allylic oxidation sites excluding steroid dienone is 1. The molecular weight excluding hydrogens is 418 g/mol. The smallest absolute Gasteiger partial charge is 0.223 e. The molecule has 4 rings (SSSR count). The minimum atomic E-state index is -0.0810. The van der Waals surface area contributed by atoms with Gasteiger partial charge in [0.15, 0.2) is 11.6 Å². The summed E-state index contributed by atoms with van der Waals surface area (Å²) in [5.41, 5.74) is 11.2. The van der Waals surface area contributed by atoms with Gasteiger partial charge in [0, 0.05) is 44.4 Å². The van der Waals surface area contributed by atoms with E-state index in [0.29, 0.717) is 42.7 Å². The van der Waals surface area contributed by atoms with Crippen LogP contribution in [0.5, 0.6) is 5.75 Å². The van der Waals surface area contributed by atoms with Crippen LogP contribution in [0.15, 0.2) is 59.9 Å². The fraction of sp³-hybridized carbons (Fsp3) is 0.208. The highest BCUT2D eigenvalue weighted by molar-refractivity contribution is 6.16. The van der Waals surface area contributed by atoms with Crippen LogP contribution in [0.25, 0.3) is 11.3 Å². The molecular formula is C24H25N7O2. The predicted molar refractivity (Wildman–Crippen MR) is 129 cm³/mol. The third kappa shape index (κ3) is 5.15. The molecule has 9 heteroatoms. The number of amides is 1. The average Bonchev–Trinajstić information content (AvgIpc) is 3.28. The number of pyridine rings is 1. The first kappa shape index (κ1) is 21.9. The van der Waals surface area contributed by atoms with Crippen LogP contribution in [0.1, 0.15) is 30.2 Å². The van der Waals surface area contributed by atoms with Crippen molar-refractivity contribution < 1.29 is 9.53 Å². The van der Waals surface area contributed by atoms with Gasteiger partial charge in [-0.15, -0.1) is 0 Å². The largest absolute Gasteiger partial charge is 0.493 e. The maximum Gasteiger partial charge on any atom is 0.223 e. The molecule has 168 valence electrons. The van der Waals surface area contributed by atoms with E-state index < -0.39 is 0 Å². The Balaban J connectivity index is 1.70. The average molecular weight is 444 g/mol. The third-order valence-corrected chi connectivity index (χ3v) is 5.11. The molecule has 2 aromatic heterocycles. The zero-order valence-electron chi connectivity index (χ0n) is 18.5. The number of methoxy groups -OCH3 is 1. The van der Waals surface area contributed by atoms with Gasteiger partial charge < -0.3 is 21.1 Å². The summed E-state index contributed by atoms with van der Waals surface area (Å²) in [6.07, 6.45) is 4.03. The van der Waals surface area contributed by atoms with E-state index in [4.69, 9.17) is 15.5 Å². The third-order valence-electron chi connectivity index (χ3n) is 5.11. The SMILES string of the molecule is COc1cc(C2=C(c3ccnc(NCCNC(C)=O)n3)N=C(c3ccccc3)C2)cnc1N. The van der Waals surface area contributed by atoms with Crippen LogP contribution in [-0.2, 0) is 4.79 Å². The molecule has 0 unspecified atom stereocenters. The molecule has 0 atom stereocenters. The van der Waals surface area contributed by atoms with E-state index in [-0.39, 0.29) is 5.91 Å². The van der Waals surface area contributed by atoms with Crippen molar-refractivity contribution in [3.8, 4) is 5.75 Å². The Kier molecular flexibility index (Phi) is 6.58. The maximum atomic E-state index is 11.1. The van der Waals surface area contributed by atoms with E-state index in [1.165, 1.54) is 6.92 Å². The lowest BCUT2D eigenvalue weighted by molar-refractivity contribution is -0.118. The van der Waals surface area contributed by atoms with E-state index in [9.17, 15) is 4.79 Å². The number of carbonyl (C=O) groups is 1. The van der Waals surface area contributed by atoms with E-state index >= 15 is 0 Å². The Morgan fingerprint density at radius 3 is 2.70 bits per heavy atom. The van der Waals surface area contributed by atoms with Crippen molar-refractivity contribution in [3.63, 3.8) is 0 Å². The van der Waals surface area contributed by atoms with Crippen molar-refractivity contribution in [2.45, 2.75) is 13.3 Å². The van der Waals surface area contributed by atoms with Crippen molar-refractivity contribution in [2.75, 3.05) is 31.2 Å². The Labute approximate surface area is 191 Å². The number of ether oxygens (including phenoxy) is 1. The highest BCUT2D eigenvalue weighted by atomic mass is 16.5. The van der Waals surface area contributed by atoms with Crippen molar-refractivity contribution in [2.24, 2.45) is 4.99 Å². The molecule has 0 fully saturated rings. The lowest BCUT2D eigenvalue weighted by atomic mass is 9.98. The molecule has 4 N–H and O–H groups in total. The molecule has 0 radical (unpaired) electrons. The molecule has 0 saturated heterocycles. The summed E-state index contributed by atoms with van der Waals surface area (Å²) in [5, 5.41) is 5.87. The maximum absolute atomic E-state index is 11.1. The number of hydrogen-bond acceptors (Lipinski definition) is 8. The number of anilines is 2. The quantitative estimate of drug-likeness (QED) is 0.457. The van der Waals surface area contributed by atoms with E-state index in [1.54, 1.807) is 19.5 Å². The summed E-state index contributed by atoms with van der Waals surface area (Å²) in [7, 11) is 1.57. The van der Waals surface area contributed by atoms with Gasteiger partial charge in [-0.3, -0.25) is 4.79 Å². The van der Waals surface area contributed by atoms with Crippen molar-refractivity contribution in [3.05, 3.63) is 71.7 Å². The van der Waals surface area contributed by atoms with Crippen molar-refractivity contribution >= 4 is 34.7 Å². The van der Waals surface area contributed by atoms with Crippen LogP contribution in [0, 0.1) is 0 Å². The van der Waals surface area contributed by atoms with E-state index in [1.807, 2.05) is 42.5 Å². The number of hydrogen-bond donors (Lipinski definition) is 3. The number of aromatic nitrogens is 3. The van der Waals surface area contributed by atoms with Crippen LogP contribution >= 0.6 is 0 Å². The highest BCUT2D eigenvalue weighted by Gasteiger charge is 2.24. The minimum Gasteiger partial charge on any atom is -0.493 e. The fourth-order valence-electron chi connectivity index (χ4n) is 3.51. The van der Waals surface area contributed by atoms with Crippen molar-refractivity contribution in [1.29, 1.82) is 0 Å². The summed E-state index contributed by atoms with van der Waals surface area (Å²) >= 11 is 0. The van der Waals surface area contributed by atoms with Gasteiger partial charge in [0.1, 0.15) is 0 Å². The summed E-state index contributed by atoms with van der Waals surface area (Å²) in [4.78, 5) is 29.2. The standard InChI is InChI=1S/C24H25N7O2/c1-15(32)26-10-11-28-24-27-9-8-19(31-24)22-18(17-12-21(33-2)23(25)29-14-17)13-20(30-22)16-6-4-3-5-7-16/h3-9,12,14H,10-11,13H2,1-2H3,(H2,25,29)(H,26,32)(H,27,28,31). The van der Waals surface area contributed by atoms with Gasteiger partial charge in [-0.1, -0.05) is 30.3 Å². The van der Waals surface area contributed by atoms with Crippen LogP contribution in [0.3, 0.4) is 0 Å². The number of nitrogen functional groups attached to an aromatic ring is 1. The van der Waals surface area contributed by atoms with Gasteiger partial charge in [-0.05, 0) is 23.3 Å². The topological polar surface area (TPSA) is 127 Å².